The molecule has 0 atom stereocenters. The van der Waals surface area contributed by atoms with E-state index >= 15 is 0 Å². The molecule has 1 fully saturated rings. The predicted octanol–water partition coefficient (Wildman–Crippen LogP) is 3.64. The number of piperidine rings is 1. The topological polar surface area (TPSA) is 48.9 Å². The van der Waals surface area contributed by atoms with Crippen LogP contribution >= 0.6 is 24.0 Å². The second kappa shape index (κ2) is 13.4. The standard InChI is InChI=1S/C22H38N4O.HI/c1-5-22(6-2,19-10-8-7-9-11-19)18-24-21(23-3)25-20-12-14-26(15-13-20)16-17-27-4;/h7-11,20H,5-6,12-18H2,1-4H3,(H2,23,24,25);1H. The van der Waals surface area contributed by atoms with Crippen molar-refractivity contribution in [1.82, 2.24) is 15.5 Å². The van der Waals surface area contributed by atoms with Crippen molar-refractivity contribution in [1.29, 1.82) is 0 Å². The Hall–Kier alpha value is -0.860. The molecule has 0 radical (unpaired) electrons. The maximum absolute atomic E-state index is 5.19. The first-order valence-electron chi connectivity index (χ1n) is 10.4. The Morgan fingerprint density at radius 3 is 2.36 bits per heavy atom. The fraction of sp³-hybridized carbons (Fsp3) is 0.682. The van der Waals surface area contributed by atoms with Crippen molar-refractivity contribution < 1.29 is 4.74 Å². The third kappa shape index (κ3) is 7.19. The van der Waals surface area contributed by atoms with Crippen LogP contribution in [0.3, 0.4) is 0 Å². The summed E-state index contributed by atoms with van der Waals surface area (Å²) in [5.74, 6) is 0.924. The number of hydrogen-bond acceptors (Lipinski definition) is 3. The second-order valence-electron chi connectivity index (χ2n) is 7.53. The highest BCUT2D eigenvalue weighted by molar-refractivity contribution is 14.0. The van der Waals surface area contributed by atoms with Gasteiger partial charge in [0, 0.05) is 51.8 Å². The smallest absolute Gasteiger partial charge is 0.191 e. The van der Waals surface area contributed by atoms with Crippen molar-refractivity contribution in [3.63, 3.8) is 0 Å². The molecule has 2 N–H and O–H groups in total. The van der Waals surface area contributed by atoms with Crippen molar-refractivity contribution in [3.05, 3.63) is 35.9 Å². The maximum atomic E-state index is 5.19. The van der Waals surface area contributed by atoms with Crippen molar-refractivity contribution in [2.45, 2.75) is 51.0 Å². The van der Waals surface area contributed by atoms with Crippen LogP contribution in [0, 0.1) is 0 Å². The summed E-state index contributed by atoms with van der Waals surface area (Å²) in [5.41, 5.74) is 1.55. The van der Waals surface area contributed by atoms with Gasteiger partial charge < -0.3 is 20.3 Å². The number of rotatable bonds is 9. The lowest BCUT2D eigenvalue weighted by Gasteiger charge is -2.35. The molecule has 0 spiro atoms. The van der Waals surface area contributed by atoms with Crippen molar-refractivity contribution in [2.24, 2.45) is 4.99 Å². The fourth-order valence-electron chi connectivity index (χ4n) is 3.96. The van der Waals surface area contributed by atoms with Gasteiger partial charge in [0.2, 0.25) is 0 Å². The molecule has 1 heterocycles. The van der Waals surface area contributed by atoms with Crippen LogP contribution in [0.5, 0.6) is 0 Å². The normalized spacial score (nSPS) is 16.5. The molecule has 1 aromatic carbocycles. The molecule has 0 saturated carbocycles. The summed E-state index contributed by atoms with van der Waals surface area (Å²) in [4.78, 5) is 6.96. The molecule has 5 nitrogen and oxygen atoms in total. The monoisotopic (exact) mass is 502 g/mol. The lowest BCUT2D eigenvalue weighted by atomic mass is 9.76. The summed E-state index contributed by atoms with van der Waals surface area (Å²) in [6.07, 6.45) is 4.51. The van der Waals surface area contributed by atoms with Crippen molar-refractivity contribution >= 4 is 29.9 Å². The second-order valence-corrected chi connectivity index (χ2v) is 7.53. The number of methoxy groups -OCH3 is 1. The summed E-state index contributed by atoms with van der Waals surface area (Å²) >= 11 is 0. The Balaban J connectivity index is 0.00000392. The molecule has 1 aliphatic rings. The molecule has 0 amide bonds. The van der Waals surface area contributed by atoms with Crippen LogP contribution in [0.4, 0.5) is 0 Å². The van der Waals surface area contributed by atoms with E-state index in [9.17, 15) is 0 Å². The highest BCUT2D eigenvalue weighted by Gasteiger charge is 2.29. The molecule has 1 aromatic rings. The van der Waals surface area contributed by atoms with E-state index in [2.05, 4.69) is 64.7 Å². The largest absolute Gasteiger partial charge is 0.383 e. The van der Waals surface area contributed by atoms with Gasteiger partial charge >= 0.3 is 0 Å². The Kier molecular flexibility index (Phi) is 12.0. The van der Waals surface area contributed by atoms with Crippen LogP contribution in [-0.4, -0.2) is 63.8 Å². The fourth-order valence-corrected chi connectivity index (χ4v) is 3.96. The first kappa shape index (κ1) is 25.2. The molecule has 160 valence electrons. The van der Waals surface area contributed by atoms with Gasteiger partial charge in [0.25, 0.3) is 0 Å². The lowest BCUT2D eigenvalue weighted by molar-refractivity contribution is 0.128. The number of hydrogen-bond donors (Lipinski definition) is 2. The van der Waals surface area contributed by atoms with E-state index in [-0.39, 0.29) is 29.4 Å². The molecular weight excluding hydrogens is 463 g/mol. The van der Waals surface area contributed by atoms with Crippen molar-refractivity contribution in [2.75, 3.05) is 46.9 Å². The van der Waals surface area contributed by atoms with Gasteiger partial charge in [0.1, 0.15) is 0 Å². The molecule has 0 aliphatic carbocycles. The first-order chi connectivity index (χ1) is 13.2. The zero-order valence-corrected chi connectivity index (χ0v) is 20.4. The van der Waals surface area contributed by atoms with Crippen molar-refractivity contribution in [3.8, 4) is 0 Å². The molecule has 0 bridgehead atoms. The molecule has 0 unspecified atom stereocenters. The van der Waals surface area contributed by atoms with Gasteiger partial charge in [-0.15, -0.1) is 24.0 Å². The number of halogens is 1. The van der Waals surface area contributed by atoms with Crippen LogP contribution in [0.2, 0.25) is 0 Å². The van der Waals surface area contributed by atoms with Crippen LogP contribution in [0.15, 0.2) is 35.3 Å². The first-order valence-corrected chi connectivity index (χ1v) is 10.4. The molecule has 0 aromatic heterocycles. The summed E-state index contributed by atoms with van der Waals surface area (Å²) in [7, 11) is 3.64. The van der Waals surface area contributed by atoms with Crippen LogP contribution in [0.1, 0.15) is 45.1 Å². The highest BCUT2D eigenvalue weighted by Crippen LogP contribution is 2.30. The van der Waals surface area contributed by atoms with Gasteiger partial charge in [-0.05, 0) is 31.2 Å². The van der Waals surface area contributed by atoms with E-state index in [1.54, 1.807) is 7.11 Å². The van der Waals surface area contributed by atoms with Gasteiger partial charge in [-0.2, -0.15) is 0 Å². The highest BCUT2D eigenvalue weighted by atomic mass is 127. The maximum Gasteiger partial charge on any atom is 0.191 e. The Bertz CT molecular complexity index is 555. The minimum absolute atomic E-state index is 0. The summed E-state index contributed by atoms with van der Waals surface area (Å²) in [5, 5.41) is 7.24. The van der Waals surface area contributed by atoms with Gasteiger partial charge in [0.15, 0.2) is 5.96 Å². The summed E-state index contributed by atoms with van der Waals surface area (Å²) < 4.78 is 5.19. The number of guanidine groups is 1. The van der Waals surface area contributed by atoms with Gasteiger partial charge in [-0.3, -0.25) is 4.99 Å². The summed E-state index contributed by atoms with van der Waals surface area (Å²) in [6, 6.07) is 11.4. The van der Waals surface area contributed by atoms with E-state index in [1.165, 1.54) is 5.56 Å². The number of ether oxygens (including phenoxy) is 1. The average Bonchev–Trinajstić information content (AvgIpc) is 2.74. The van der Waals surface area contributed by atoms with E-state index in [4.69, 9.17) is 4.74 Å². The minimum Gasteiger partial charge on any atom is -0.383 e. The van der Waals surface area contributed by atoms with Gasteiger partial charge in [-0.1, -0.05) is 44.2 Å². The average molecular weight is 502 g/mol. The number of aliphatic imine (C=N–C) groups is 1. The zero-order valence-electron chi connectivity index (χ0n) is 18.0. The van der Waals surface area contributed by atoms with E-state index in [1.807, 2.05) is 7.05 Å². The predicted molar refractivity (Wildman–Crippen MR) is 130 cm³/mol. The molecule has 6 heteroatoms. The molecule has 1 saturated heterocycles. The third-order valence-corrected chi connectivity index (χ3v) is 6.10. The number of nitrogens with one attached hydrogen (secondary N) is 2. The summed E-state index contributed by atoms with van der Waals surface area (Å²) in [6.45, 7) is 9.55. The molecule has 2 rings (SSSR count). The minimum atomic E-state index is 0. The van der Waals surface area contributed by atoms with Gasteiger partial charge in [-0.25, -0.2) is 0 Å². The number of likely N-dealkylation sites (tertiary alicyclic amines) is 1. The van der Waals surface area contributed by atoms with E-state index < -0.39 is 0 Å². The van der Waals surface area contributed by atoms with E-state index in [0.717, 1.165) is 64.4 Å². The number of nitrogens with zero attached hydrogens (tertiary/aromatic N) is 2. The Morgan fingerprint density at radius 1 is 1.18 bits per heavy atom. The third-order valence-electron chi connectivity index (χ3n) is 6.10. The molecule has 28 heavy (non-hydrogen) atoms. The molecule has 1 aliphatic heterocycles. The SMILES string of the molecule is CCC(CC)(CNC(=NC)NC1CCN(CCOC)CC1)c1ccccc1.I. The Labute approximate surface area is 188 Å². The van der Waals surface area contributed by atoms with Crippen LogP contribution in [0.25, 0.3) is 0 Å². The quantitative estimate of drug-likeness (QED) is 0.308. The number of benzene rings is 1. The van der Waals surface area contributed by atoms with E-state index in [0.29, 0.717) is 6.04 Å². The Morgan fingerprint density at radius 2 is 1.82 bits per heavy atom. The zero-order chi connectivity index (χ0) is 19.5. The van der Waals surface area contributed by atoms with Crippen LogP contribution in [-0.2, 0) is 10.2 Å². The molecular formula is C22H39IN4O. The van der Waals surface area contributed by atoms with Crippen LogP contribution < -0.4 is 10.6 Å². The van der Waals surface area contributed by atoms with Gasteiger partial charge in [0.05, 0.1) is 6.61 Å². The lowest BCUT2D eigenvalue weighted by Crippen LogP contribution is -2.51.